The lowest BCUT2D eigenvalue weighted by atomic mass is 10.1. The Bertz CT molecular complexity index is 1100. The first-order valence-electron chi connectivity index (χ1n) is 9.25. The van der Waals surface area contributed by atoms with E-state index in [0.29, 0.717) is 30.1 Å². The number of pyridine rings is 1. The summed E-state index contributed by atoms with van der Waals surface area (Å²) < 4.78 is 46.1. The molecular weight excluding hydrogens is 411 g/mol. The van der Waals surface area contributed by atoms with Gasteiger partial charge in [-0.15, -0.1) is 0 Å². The predicted molar refractivity (Wildman–Crippen MR) is 106 cm³/mol. The van der Waals surface area contributed by atoms with Crippen LogP contribution < -0.4 is 15.4 Å². The van der Waals surface area contributed by atoms with E-state index in [-0.39, 0.29) is 18.1 Å². The summed E-state index contributed by atoms with van der Waals surface area (Å²) in [5.41, 5.74) is 0.167. The number of nitrogens with zero attached hydrogens (tertiary/aromatic N) is 1. The molecule has 3 aromatic rings. The lowest BCUT2D eigenvalue weighted by Gasteiger charge is -2.10. The molecule has 3 rings (SSSR count). The lowest BCUT2D eigenvalue weighted by molar-refractivity contribution is 0.0941. The van der Waals surface area contributed by atoms with Crippen molar-refractivity contribution in [2.24, 2.45) is 0 Å². The van der Waals surface area contributed by atoms with Crippen molar-refractivity contribution in [3.05, 3.63) is 89.0 Å². The second kappa shape index (κ2) is 9.75. The summed E-state index contributed by atoms with van der Waals surface area (Å²) in [6.07, 6.45) is 1.81. The first-order valence-corrected chi connectivity index (χ1v) is 9.25. The molecule has 0 saturated heterocycles. The number of carbonyl (C=O) groups excluding carboxylic acids is 2. The van der Waals surface area contributed by atoms with Gasteiger partial charge in [0.05, 0.1) is 0 Å². The third-order valence-corrected chi connectivity index (χ3v) is 4.26. The maximum atomic E-state index is 13.7. The Morgan fingerprint density at radius 2 is 1.68 bits per heavy atom. The van der Waals surface area contributed by atoms with Crippen LogP contribution in [-0.4, -0.2) is 30.4 Å². The van der Waals surface area contributed by atoms with E-state index >= 15 is 0 Å². The summed E-state index contributed by atoms with van der Waals surface area (Å²) in [5.74, 6) is -4.03. The summed E-state index contributed by atoms with van der Waals surface area (Å²) in [4.78, 5) is 27.7. The number of rotatable bonds is 7. The summed E-state index contributed by atoms with van der Waals surface area (Å²) in [5, 5.41) is 4.89. The zero-order chi connectivity index (χ0) is 22.4. The van der Waals surface area contributed by atoms with E-state index < -0.39 is 28.9 Å². The quantitative estimate of drug-likeness (QED) is 0.601. The molecule has 0 aliphatic carbocycles. The van der Waals surface area contributed by atoms with Gasteiger partial charge >= 0.3 is 0 Å². The zero-order valence-corrected chi connectivity index (χ0v) is 16.4. The van der Waals surface area contributed by atoms with Crippen LogP contribution in [0.25, 0.3) is 0 Å². The number of ether oxygens (including phenoxy) is 1. The highest BCUT2D eigenvalue weighted by molar-refractivity contribution is 5.94. The van der Waals surface area contributed by atoms with Gasteiger partial charge in [0.2, 0.25) is 0 Å². The number of hydrogen-bond acceptors (Lipinski definition) is 4. The minimum Gasteiger partial charge on any atom is -0.457 e. The van der Waals surface area contributed by atoms with Crippen molar-refractivity contribution in [3.8, 4) is 11.5 Å². The molecular formula is C22H18F3N3O3. The van der Waals surface area contributed by atoms with Gasteiger partial charge in [-0.3, -0.25) is 14.6 Å². The highest BCUT2D eigenvalue weighted by Gasteiger charge is 2.18. The Kier molecular flexibility index (Phi) is 6.86. The van der Waals surface area contributed by atoms with Crippen LogP contribution in [0.15, 0.2) is 54.7 Å². The summed E-state index contributed by atoms with van der Waals surface area (Å²) in [6.45, 7) is 0.0919. The minimum absolute atomic E-state index is 0.0919. The van der Waals surface area contributed by atoms with E-state index in [1.807, 2.05) is 0 Å². The molecule has 0 fully saturated rings. The molecule has 2 N–H and O–H groups in total. The Morgan fingerprint density at radius 3 is 2.39 bits per heavy atom. The number of aromatic nitrogens is 1. The molecule has 0 radical (unpaired) electrons. The average molecular weight is 429 g/mol. The van der Waals surface area contributed by atoms with Crippen LogP contribution >= 0.6 is 0 Å². The zero-order valence-electron chi connectivity index (χ0n) is 16.4. The van der Waals surface area contributed by atoms with Crippen LogP contribution in [0.4, 0.5) is 13.2 Å². The fraction of sp³-hybridized carbons (Fsp3) is 0.136. The molecule has 0 bridgehead atoms. The predicted octanol–water partition coefficient (Wildman–Crippen LogP) is 3.62. The fourth-order valence-electron chi connectivity index (χ4n) is 2.80. The van der Waals surface area contributed by atoms with E-state index in [1.165, 1.54) is 19.3 Å². The molecule has 2 amide bonds. The summed E-state index contributed by atoms with van der Waals surface area (Å²) in [7, 11) is 1.50. The normalized spacial score (nSPS) is 10.5. The van der Waals surface area contributed by atoms with Crippen molar-refractivity contribution in [2.75, 3.05) is 13.6 Å². The maximum Gasteiger partial charge on any atom is 0.269 e. The van der Waals surface area contributed by atoms with Gasteiger partial charge in [0, 0.05) is 38.0 Å². The Balaban J connectivity index is 1.61. The van der Waals surface area contributed by atoms with Gasteiger partial charge < -0.3 is 15.4 Å². The van der Waals surface area contributed by atoms with Gasteiger partial charge in [0.15, 0.2) is 0 Å². The van der Waals surface area contributed by atoms with Crippen LogP contribution in [-0.2, 0) is 6.42 Å². The first kappa shape index (κ1) is 21.8. The summed E-state index contributed by atoms with van der Waals surface area (Å²) >= 11 is 0. The van der Waals surface area contributed by atoms with Crippen molar-refractivity contribution < 1.29 is 27.5 Å². The topological polar surface area (TPSA) is 80.3 Å². The van der Waals surface area contributed by atoms with Crippen LogP contribution in [0, 0.1) is 17.5 Å². The highest BCUT2D eigenvalue weighted by Crippen LogP contribution is 2.23. The first-order chi connectivity index (χ1) is 14.9. The molecule has 1 heterocycles. The molecule has 6 nitrogen and oxygen atoms in total. The van der Waals surface area contributed by atoms with E-state index in [0.717, 1.165) is 5.56 Å². The molecule has 0 unspecified atom stereocenters. The maximum absolute atomic E-state index is 13.7. The molecule has 1 aromatic heterocycles. The number of amides is 2. The van der Waals surface area contributed by atoms with Crippen molar-refractivity contribution >= 4 is 11.8 Å². The number of halogens is 3. The van der Waals surface area contributed by atoms with Crippen LogP contribution in [0.3, 0.4) is 0 Å². The van der Waals surface area contributed by atoms with Crippen LogP contribution in [0.5, 0.6) is 11.5 Å². The second-order valence-corrected chi connectivity index (χ2v) is 6.46. The number of carbonyl (C=O) groups is 2. The standard InChI is InChI=1S/C22H18F3N3O3/c1-26-21(29)19-12-16(6-8-27-19)31-15-4-2-3-13(9-15)5-7-28-22(30)20-17(24)10-14(23)11-18(20)25/h2-4,6,8-12H,5,7H2,1H3,(H,26,29)(H,28,30). The monoisotopic (exact) mass is 429 g/mol. The Labute approximate surface area is 176 Å². The van der Waals surface area contributed by atoms with E-state index in [9.17, 15) is 22.8 Å². The SMILES string of the molecule is CNC(=O)c1cc(Oc2cccc(CCNC(=O)c3c(F)cc(F)cc3F)c2)ccn1. The fourth-order valence-corrected chi connectivity index (χ4v) is 2.80. The largest absolute Gasteiger partial charge is 0.457 e. The van der Waals surface area contributed by atoms with Crippen molar-refractivity contribution in [2.45, 2.75) is 6.42 Å². The third kappa shape index (κ3) is 5.59. The van der Waals surface area contributed by atoms with Crippen molar-refractivity contribution in [1.29, 1.82) is 0 Å². The van der Waals surface area contributed by atoms with E-state index in [4.69, 9.17) is 4.74 Å². The molecule has 0 aliphatic rings. The Hall–Kier alpha value is -3.88. The lowest BCUT2D eigenvalue weighted by Crippen LogP contribution is -2.27. The molecule has 9 heteroatoms. The minimum atomic E-state index is -1.26. The molecule has 160 valence electrons. The molecule has 0 aliphatic heterocycles. The second-order valence-electron chi connectivity index (χ2n) is 6.46. The molecule has 31 heavy (non-hydrogen) atoms. The highest BCUT2D eigenvalue weighted by atomic mass is 19.1. The van der Waals surface area contributed by atoms with E-state index in [2.05, 4.69) is 15.6 Å². The molecule has 0 saturated carbocycles. The van der Waals surface area contributed by atoms with Gasteiger partial charge in [-0.2, -0.15) is 0 Å². The molecule has 0 atom stereocenters. The van der Waals surface area contributed by atoms with Crippen LogP contribution in [0.2, 0.25) is 0 Å². The van der Waals surface area contributed by atoms with E-state index in [1.54, 1.807) is 30.3 Å². The van der Waals surface area contributed by atoms with Gasteiger partial charge in [-0.05, 0) is 30.2 Å². The number of benzene rings is 2. The van der Waals surface area contributed by atoms with Gasteiger partial charge in [-0.25, -0.2) is 13.2 Å². The number of nitrogens with one attached hydrogen (secondary N) is 2. The van der Waals surface area contributed by atoms with Gasteiger partial charge in [-0.1, -0.05) is 12.1 Å². The van der Waals surface area contributed by atoms with Crippen molar-refractivity contribution in [1.82, 2.24) is 15.6 Å². The number of hydrogen-bond donors (Lipinski definition) is 2. The molecule has 2 aromatic carbocycles. The average Bonchev–Trinajstić information content (AvgIpc) is 2.73. The third-order valence-electron chi connectivity index (χ3n) is 4.26. The van der Waals surface area contributed by atoms with Crippen molar-refractivity contribution in [3.63, 3.8) is 0 Å². The summed E-state index contributed by atoms with van der Waals surface area (Å²) in [6, 6.07) is 11.0. The van der Waals surface area contributed by atoms with Gasteiger partial charge in [0.25, 0.3) is 11.8 Å². The smallest absolute Gasteiger partial charge is 0.269 e. The Morgan fingerprint density at radius 1 is 0.968 bits per heavy atom. The van der Waals surface area contributed by atoms with Crippen LogP contribution in [0.1, 0.15) is 26.4 Å². The van der Waals surface area contributed by atoms with Gasteiger partial charge in [0.1, 0.15) is 40.2 Å². The molecule has 0 spiro atoms.